The number of methoxy groups -OCH3 is 1. The third-order valence-electron chi connectivity index (χ3n) is 3.19. The number of para-hydroxylation sites is 1. The molecule has 2 rings (SSSR count). The van der Waals surface area contributed by atoms with E-state index in [1.807, 2.05) is 0 Å². The number of hydrogen-bond acceptors (Lipinski definition) is 5. The molecule has 6 nitrogen and oxygen atoms in total. The molecule has 2 N–H and O–H groups in total. The molecule has 1 aliphatic rings. The minimum atomic E-state index is -0.448. The number of rotatable bonds is 5. The van der Waals surface area contributed by atoms with Crippen LogP contribution in [0.15, 0.2) is 18.2 Å². The molecule has 0 unspecified atom stereocenters. The SMILES string of the molecule is COc1cccc(NCC2CC(O)C2)c1[N+](=O)[O-]. The van der Waals surface area contributed by atoms with Crippen LogP contribution in [0.2, 0.25) is 0 Å². The van der Waals surface area contributed by atoms with E-state index in [4.69, 9.17) is 4.74 Å². The van der Waals surface area contributed by atoms with E-state index in [-0.39, 0.29) is 17.5 Å². The van der Waals surface area contributed by atoms with Gasteiger partial charge in [0.1, 0.15) is 5.69 Å². The van der Waals surface area contributed by atoms with Gasteiger partial charge in [0.2, 0.25) is 0 Å². The number of aliphatic hydroxyl groups excluding tert-OH is 1. The molecule has 1 fully saturated rings. The summed E-state index contributed by atoms with van der Waals surface area (Å²) in [6.07, 6.45) is 1.30. The van der Waals surface area contributed by atoms with Gasteiger partial charge >= 0.3 is 5.69 Å². The minimum Gasteiger partial charge on any atom is -0.490 e. The Balaban J connectivity index is 2.09. The largest absolute Gasteiger partial charge is 0.490 e. The lowest BCUT2D eigenvalue weighted by Crippen LogP contribution is -2.33. The van der Waals surface area contributed by atoms with Gasteiger partial charge in [0, 0.05) is 6.54 Å². The highest BCUT2D eigenvalue weighted by Crippen LogP contribution is 2.35. The Morgan fingerprint density at radius 2 is 2.28 bits per heavy atom. The van der Waals surface area contributed by atoms with Gasteiger partial charge in [-0.15, -0.1) is 0 Å². The maximum absolute atomic E-state index is 11.0. The number of benzene rings is 1. The van der Waals surface area contributed by atoms with Crippen molar-refractivity contribution in [1.29, 1.82) is 0 Å². The minimum absolute atomic E-state index is 0.0418. The summed E-state index contributed by atoms with van der Waals surface area (Å²) < 4.78 is 4.99. The van der Waals surface area contributed by atoms with E-state index in [0.717, 1.165) is 12.8 Å². The number of anilines is 1. The highest BCUT2D eigenvalue weighted by atomic mass is 16.6. The van der Waals surface area contributed by atoms with E-state index in [1.165, 1.54) is 7.11 Å². The lowest BCUT2D eigenvalue weighted by atomic mass is 9.82. The Hall–Kier alpha value is -1.82. The second-order valence-corrected chi connectivity index (χ2v) is 4.49. The van der Waals surface area contributed by atoms with Crippen molar-refractivity contribution in [3.05, 3.63) is 28.3 Å². The summed E-state index contributed by atoms with van der Waals surface area (Å²) in [5.41, 5.74) is 0.417. The summed E-state index contributed by atoms with van der Waals surface area (Å²) in [4.78, 5) is 10.6. The lowest BCUT2D eigenvalue weighted by molar-refractivity contribution is -0.384. The van der Waals surface area contributed by atoms with Gasteiger partial charge in [-0.25, -0.2) is 0 Å². The van der Waals surface area contributed by atoms with E-state index in [9.17, 15) is 15.2 Å². The standard InChI is InChI=1S/C12H16N2O4/c1-18-11-4-2-3-10(12(11)14(16)17)13-7-8-5-9(15)6-8/h2-4,8-9,13,15H,5-7H2,1H3. The van der Waals surface area contributed by atoms with Gasteiger partial charge in [-0.1, -0.05) is 6.07 Å². The highest BCUT2D eigenvalue weighted by molar-refractivity contribution is 5.68. The van der Waals surface area contributed by atoms with Crippen molar-refractivity contribution in [1.82, 2.24) is 0 Å². The summed E-state index contributed by atoms with van der Waals surface area (Å²) in [6.45, 7) is 0.630. The first-order valence-electron chi connectivity index (χ1n) is 5.85. The van der Waals surface area contributed by atoms with Gasteiger partial charge in [-0.3, -0.25) is 10.1 Å². The second kappa shape index (κ2) is 5.22. The van der Waals surface area contributed by atoms with Crippen LogP contribution in [-0.4, -0.2) is 29.8 Å². The number of nitro benzene ring substituents is 1. The fourth-order valence-corrected chi connectivity index (χ4v) is 2.14. The number of ether oxygens (including phenoxy) is 1. The first kappa shape index (κ1) is 12.6. The Labute approximate surface area is 105 Å². The van der Waals surface area contributed by atoms with E-state index in [1.54, 1.807) is 18.2 Å². The molecule has 98 valence electrons. The quantitative estimate of drug-likeness (QED) is 0.616. The maximum Gasteiger partial charge on any atom is 0.333 e. The van der Waals surface area contributed by atoms with Crippen molar-refractivity contribution < 1.29 is 14.8 Å². The molecule has 0 bridgehead atoms. The predicted molar refractivity (Wildman–Crippen MR) is 66.9 cm³/mol. The molecular formula is C12H16N2O4. The number of hydrogen-bond donors (Lipinski definition) is 2. The first-order valence-corrected chi connectivity index (χ1v) is 5.85. The van der Waals surface area contributed by atoms with Crippen molar-refractivity contribution in [2.45, 2.75) is 18.9 Å². The number of aliphatic hydroxyl groups is 1. The Kier molecular flexibility index (Phi) is 3.66. The molecule has 0 aromatic heterocycles. The predicted octanol–water partition coefficient (Wildman–Crippen LogP) is 1.79. The van der Waals surface area contributed by atoms with Gasteiger partial charge in [0.25, 0.3) is 0 Å². The van der Waals surface area contributed by atoms with Crippen LogP contribution in [0.25, 0.3) is 0 Å². The van der Waals surface area contributed by atoms with Crippen LogP contribution in [0.4, 0.5) is 11.4 Å². The van der Waals surface area contributed by atoms with E-state index < -0.39 is 4.92 Å². The van der Waals surface area contributed by atoms with Crippen LogP contribution in [-0.2, 0) is 0 Å². The summed E-state index contributed by atoms with van der Waals surface area (Å²) >= 11 is 0. The fraction of sp³-hybridized carbons (Fsp3) is 0.500. The molecule has 0 radical (unpaired) electrons. The molecule has 1 saturated carbocycles. The zero-order valence-electron chi connectivity index (χ0n) is 10.1. The third-order valence-corrected chi connectivity index (χ3v) is 3.19. The molecular weight excluding hydrogens is 236 g/mol. The zero-order valence-corrected chi connectivity index (χ0v) is 10.1. The van der Waals surface area contributed by atoms with Crippen LogP contribution in [0.3, 0.4) is 0 Å². The molecule has 1 aliphatic carbocycles. The van der Waals surface area contributed by atoms with Crippen LogP contribution in [0.5, 0.6) is 5.75 Å². The van der Waals surface area contributed by atoms with E-state index >= 15 is 0 Å². The Morgan fingerprint density at radius 3 is 2.83 bits per heavy atom. The normalized spacial score (nSPS) is 22.1. The number of nitrogens with one attached hydrogen (secondary N) is 1. The van der Waals surface area contributed by atoms with Gasteiger partial charge in [0.15, 0.2) is 5.75 Å². The molecule has 1 aromatic rings. The molecule has 0 atom stereocenters. The molecule has 18 heavy (non-hydrogen) atoms. The van der Waals surface area contributed by atoms with Crippen molar-refractivity contribution in [3.8, 4) is 5.75 Å². The average molecular weight is 252 g/mol. The molecule has 0 amide bonds. The number of nitro groups is 1. The van der Waals surface area contributed by atoms with Crippen LogP contribution >= 0.6 is 0 Å². The van der Waals surface area contributed by atoms with Gasteiger partial charge in [-0.05, 0) is 30.9 Å². The third kappa shape index (κ3) is 2.53. The van der Waals surface area contributed by atoms with E-state index in [0.29, 0.717) is 18.2 Å². The lowest BCUT2D eigenvalue weighted by Gasteiger charge is -2.31. The summed E-state index contributed by atoms with van der Waals surface area (Å²) in [5.74, 6) is 0.629. The van der Waals surface area contributed by atoms with Crippen molar-refractivity contribution in [2.24, 2.45) is 5.92 Å². The first-order chi connectivity index (χ1) is 8.61. The molecule has 0 saturated heterocycles. The molecule has 0 aliphatic heterocycles. The molecule has 6 heteroatoms. The average Bonchev–Trinajstić information content (AvgIpc) is 2.32. The van der Waals surface area contributed by atoms with Crippen LogP contribution in [0.1, 0.15) is 12.8 Å². The second-order valence-electron chi connectivity index (χ2n) is 4.49. The van der Waals surface area contributed by atoms with E-state index in [2.05, 4.69) is 5.32 Å². The Bertz CT molecular complexity index is 444. The topological polar surface area (TPSA) is 84.6 Å². The van der Waals surface area contributed by atoms with Crippen molar-refractivity contribution in [2.75, 3.05) is 19.0 Å². The summed E-state index contributed by atoms with van der Waals surface area (Å²) in [7, 11) is 1.41. The molecule has 0 heterocycles. The van der Waals surface area contributed by atoms with Crippen molar-refractivity contribution in [3.63, 3.8) is 0 Å². The van der Waals surface area contributed by atoms with Crippen molar-refractivity contribution >= 4 is 11.4 Å². The van der Waals surface area contributed by atoms with Gasteiger partial charge < -0.3 is 15.2 Å². The molecule has 1 aromatic carbocycles. The van der Waals surface area contributed by atoms with Gasteiger partial charge in [0.05, 0.1) is 18.1 Å². The number of nitrogens with zero attached hydrogens (tertiary/aromatic N) is 1. The summed E-state index contributed by atoms with van der Waals surface area (Å²) in [6, 6.07) is 4.94. The zero-order chi connectivity index (χ0) is 13.1. The monoisotopic (exact) mass is 252 g/mol. The van der Waals surface area contributed by atoms with Crippen LogP contribution < -0.4 is 10.1 Å². The van der Waals surface area contributed by atoms with Crippen LogP contribution in [0, 0.1) is 16.0 Å². The summed E-state index contributed by atoms with van der Waals surface area (Å²) in [5, 5.41) is 23.3. The Morgan fingerprint density at radius 1 is 1.56 bits per heavy atom. The fourth-order valence-electron chi connectivity index (χ4n) is 2.14. The van der Waals surface area contributed by atoms with Gasteiger partial charge in [-0.2, -0.15) is 0 Å². The smallest absolute Gasteiger partial charge is 0.333 e. The maximum atomic E-state index is 11.0. The molecule has 0 spiro atoms. The highest BCUT2D eigenvalue weighted by Gasteiger charge is 2.28.